The topological polar surface area (TPSA) is 41.6 Å². The highest BCUT2D eigenvalue weighted by atomic mass is 19.1. The summed E-state index contributed by atoms with van der Waals surface area (Å²) in [5.74, 6) is 0.496. The minimum absolute atomic E-state index is 0.0445. The summed E-state index contributed by atoms with van der Waals surface area (Å²) in [5, 5.41) is 2.81. The van der Waals surface area contributed by atoms with Crippen LogP contribution < -0.4 is 15.0 Å². The van der Waals surface area contributed by atoms with Gasteiger partial charge in [-0.2, -0.15) is 0 Å². The zero-order chi connectivity index (χ0) is 17.6. The van der Waals surface area contributed by atoms with Gasteiger partial charge in [-0.25, -0.2) is 4.39 Å². The van der Waals surface area contributed by atoms with E-state index in [4.69, 9.17) is 4.74 Å². The fourth-order valence-corrected chi connectivity index (χ4v) is 2.93. The van der Waals surface area contributed by atoms with Gasteiger partial charge in [0, 0.05) is 13.1 Å². The zero-order valence-electron chi connectivity index (χ0n) is 14.0. The molecule has 0 unspecified atom stereocenters. The number of anilines is 1. The maximum absolute atomic E-state index is 13.2. The van der Waals surface area contributed by atoms with Crippen LogP contribution in [0.4, 0.5) is 10.1 Å². The number of fused-ring (bicyclic) bond motifs is 1. The van der Waals surface area contributed by atoms with Gasteiger partial charge < -0.3 is 15.0 Å². The standard InChI is InChI=1S/C20H21FN2O2/c1-2-11-22-20(24)12-17-14-25-19-6-4-3-5-18(19)23(17)13-15-7-9-16(21)10-8-15/h2-10,17H,1,11-14H2,(H,22,24)/t17-/m1/s1. The maximum atomic E-state index is 13.2. The second-order valence-corrected chi connectivity index (χ2v) is 5.98. The highest BCUT2D eigenvalue weighted by molar-refractivity contribution is 5.78. The van der Waals surface area contributed by atoms with Crippen molar-refractivity contribution in [2.24, 2.45) is 0 Å². The molecule has 1 atom stereocenters. The summed E-state index contributed by atoms with van der Waals surface area (Å²) in [6.45, 7) is 5.07. The Morgan fingerprint density at radius 2 is 2.04 bits per heavy atom. The van der Waals surface area contributed by atoms with Crippen LogP contribution in [-0.2, 0) is 11.3 Å². The van der Waals surface area contributed by atoms with Crippen LogP contribution >= 0.6 is 0 Å². The number of ether oxygens (including phenoxy) is 1. The van der Waals surface area contributed by atoms with Gasteiger partial charge in [-0.15, -0.1) is 6.58 Å². The average Bonchev–Trinajstić information content (AvgIpc) is 2.63. The summed E-state index contributed by atoms with van der Waals surface area (Å²) < 4.78 is 19.0. The van der Waals surface area contributed by atoms with Gasteiger partial charge in [-0.3, -0.25) is 4.79 Å². The Bertz CT molecular complexity index is 746. The third-order valence-corrected chi connectivity index (χ3v) is 4.18. The van der Waals surface area contributed by atoms with Crippen LogP contribution in [0.15, 0.2) is 61.2 Å². The highest BCUT2D eigenvalue weighted by Gasteiger charge is 2.29. The minimum Gasteiger partial charge on any atom is -0.489 e. The average molecular weight is 340 g/mol. The van der Waals surface area contributed by atoms with E-state index in [0.29, 0.717) is 26.1 Å². The first-order valence-corrected chi connectivity index (χ1v) is 8.28. The normalized spacial score (nSPS) is 15.9. The molecule has 0 aliphatic carbocycles. The molecule has 2 aromatic rings. The SMILES string of the molecule is C=CCNC(=O)C[C@@H]1COc2ccccc2N1Cc1ccc(F)cc1. The van der Waals surface area contributed by atoms with Crippen molar-refractivity contribution in [3.8, 4) is 5.75 Å². The molecule has 1 heterocycles. The monoisotopic (exact) mass is 340 g/mol. The van der Waals surface area contributed by atoms with Gasteiger partial charge >= 0.3 is 0 Å². The van der Waals surface area contributed by atoms with E-state index in [1.54, 1.807) is 18.2 Å². The number of halogens is 1. The zero-order valence-corrected chi connectivity index (χ0v) is 14.0. The molecule has 0 saturated carbocycles. The molecule has 0 spiro atoms. The van der Waals surface area contributed by atoms with Crippen molar-refractivity contribution >= 4 is 11.6 Å². The highest BCUT2D eigenvalue weighted by Crippen LogP contribution is 2.35. The molecule has 1 aliphatic heterocycles. The molecule has 2 aromatic carbocycles. The first-order chi connectivity index (χ1) is 12.2. The number of hydrogen-bond donors (Lipinski definition) is 1. The van der Waals surface area contributed by atoms with E-state index in [2.05, 4.69) is 16.8 Å². The molecular formula is C20H21FN2O2. The van der Waals surface area contributed by atoms with E-state index in [-0.39, 0.29) is 17.8 Å². The van der Waals surface area contributed by atoms with Crippen molar-refractivity contribution in [2.75, 3.05) is 18.1 Å². The van der Waals surface area contributed by atoms with E-state index in [9.17, 15) is 9.18 Å². The molecule has 0 radical (unpaired) electrons. The van der Waals surface area contributed by atoms with Crippen molar-refractivity contribution in [1.29, 1.82) is 0 Å². The number of nitrogens with zero attached hydrogens (tertiary/aromatic N) is 1. The summed E-state index contributed by atoms with van der Waals surface area (Å²) in [5.41, 5.74) is 1.93. The van der Waals surface area contributed by atoms with Crippen molar-refractivity contribution < 1.29 is 13.9 Å². The third kappa shape index (κ3) is 4.18. The summed E-state index contributed by atoms with van der Waals surface area (Å²) in [6, 6.07) is 14.1. The lowest BCUT2D eigenvalue weighted by Gasteiger charge is -2.38. The Hall–Kier alpha value is -2.82. The van der Waals surface area contributed by atoms with Gasteiger partial charge in [0.05, 0.1) is 18.2 Å². The molecule has 130 valence electrons. The summed E-state index contributed by atoms with van der Waals surface area (Å²) in [7, 11) is 0. The summed E-state index contributed by atoms with van der Waals surface area (Å²) >= 11 is 0. The lowest BCUT2D eigenvalue weighted by Crippen LogP contribution is -2.45. The molecule has 3 rings (SSSR count). The largest absolute Gasteiger partial charge is 0.489 e. The first-order valence-electron chi connectivity index (χ1n) is 8.28. The molecule has 1 aliphatic rings. The predicted molar refractivity (Wildman–Crippen MR) is 96.1 cm³/mol. The molecule has 0 saturated heterocycles. The van der Waals surface area contributed by atoms with Gasteiger partial charge in [0.15, 0.2) is 0 Å². The lowest BCUT2D eigenvalue weighted by atomic mass is 10.1. The molecule has 0 bridgehead atoms. The van der Waals surface area contributed by atoms with Crippen LogP contribution in [0.5, 0.6) is 5.75 Å². The van der Waals surface area contributed by atoms with Crippen LogP contribution in [0.3, 0.4) is 0 Å². The minimum atomic E-state index is -0.258. The number of carbonyl (C=O) groups excluding carboxylic acids is 1. The molecule has 0 fully saturated rings. The maximum Gasteiger partial charge on any atom is 0.222 e. The van der Waals surface area contributed by atoms with E-state index >= 15 is 0 Å². The first kappa shape index (κ1) is 17.0. The van der Waals surface area contributed by atoms with E-state index in [1.165, 1.54) is 12.1 Å². The number of carbonyl (C=O) groups is 1. The van der Waals surface area contributed by atoms with E-state index in [1.807, 2.05) is 24.3 Å². The van der Waals surface area contributed by atoms with Gasteiger partial charge in [0.25, 0.3) is 0 Å². The number of hydrogen-bond acceptors (Lipinski definition) is 3. The van der Waals surface area contributed by atoms with Crippen LogP contribution in [-0.4, -0.2) is 25.1 Å². The number of rotatable bonds is 6. The summed E-state index contributed by atoms with van der Waals surface area (Å²) in [6.07, 6.45) is 1.98. The van der Waals surface area contributed by atoms with Crippen LogP contribution in [0, 0.1) is 5.82 Å². The van der Waals surface area contributed by atoms with Crippen molar-refractivity contribution in [2.45, 2.75) is 19.0 Å². The number of para-hydroxylation sites is 2. The third-order valence-electron chi connectivity index (χ3n) is 4.18. The lowest BCUT2D eigenvalue weighted by molar-refractivity contribution is -0.121. The fourth-order valence-electron chi connectivity index (χ4n) is 2.93. The fraction of sp³-hybridized carbons (Fsp3) is 0.250. The van der Waals surface area contributed by atoms with Gasteiger partial charge in [-0.05, 0) is 29.8 Å². The van der Waals surface area contributed by atoms with Crippen LogP contribution in [0.25, 0.3) is 0 Å². The van der Waals surface area contributed by atoms with Crippen molar-refractivity contribution in [3.05, 3.63) is 72.6 Å². The molecule has 1 N–H and O–H groups in total. The van der Waals surface area contributed by atoms with Crippen LogP contribution in [0.2, 0.25) is 0 Å². The second-order valence-electron chi connectivity index (χ2n) is 5.98. The van der Waals surface area contributed by atoms with Crippen molar-refractivity contribution in [3.63, 3.8) is 0 Å². The predicted octanol–water partition coefficient (Wildman–Crippen LogP) is 3.29. The van der Waals surface area contributed by atoms with Gasteiger partial charge in [0.1, 0.15) is 18.2 Å². The Balaban J connectivity index is 1.82. The molecule has 0 aromatic heterocycles. The smallest absolute Gasteiger partial charge is 0.222 e. The molecule has 4 nitrogen and oxygen atoms in total. The molecular weight excluding hydrogens is 319 g/mol. The second kappa shape index (κ2) is 7.83. The van der Waals surface area contributed by atoms with Gasteiger partial charge in [-0.1, -0.05) is 30.3 Å². The number of nitrogens with one attached hydrogen (secondary N) is 1. The number of benzene rings is 2. The molecule has 1 amide bonds. The Morgan fingerprint density at radius 3 is 2.80 bits per heavy atom. The number of amides is 1. The Kier molecular flexibility index (Phi) is 5.33. The quantitative estimate of drug-likeness (QED) is 0.821. The molecule has 25 heavy (non-hydrogen) atoms. The van der Waals surface area contributed by atoms with E-state index in [0.717, 1.165) is 17.0 Å². The summed E-state index contributed by atoms with van der Waals surface area (Å²) in [4.78, 5) is 14.3. The van der Waals surface area contributed by atoms with Crippen LogP contribution in [0.1, 0.15) is 12.0 Å². The Labute approximate surface area is 146 Å². The Morgan fingerprint density at radius 1 is 1.28 bits per heavy atom. The van der Waals surface area contributed by atoms with E-state index < -0.39 is 0 Å². The van der Waals surface area contributed by atoms with Gasteiger partial charge in [0.2, 0.25) is 5.91 Å². The van der Waals surface area contributed by atoms with Crippen molar-refractivity contribution in [1.82, 2.24) is 5.32 Å². The molecule has 5 heteroatoms.